The summed E-state index contributed by atoms with van der Waals surface area (Å²) in [6.07, 6.45) is 1.29. The van der Waals surface area contributed by atoms with Gasteiger partial charge in [-0.05, 0) is 47.2 Å². The highest BCUT2D eigenvalue weighted by atomic mass is 32.2. The average molecular weight is 249 g/mol. The molecule has 0 radical (unpaired) electrons. The summed E-state index contributed by atoms with van der Waals surface area (Å²) in [5.41, 5.74) is 1.27. The predicted molar refractivity (Wildman–Crippen MR) is 75.8 cm³/mol. The van der Waals surface area contributed by atoms with E-state index in [-0.39, 0.29) is 0 Å². The van der Waals surface area contributed by atoms with Crippen LogP contribution in [0.4, 0.5) is 5.69 Å². The number of thiophene rings is 1. The van der Waals surface area contributed by atoms with Crippen LogP contribution in [0.1, 0.15) is 13.3 Å². The molecule has 2 heterocycles. The van der Waals surface area contributed by atoms with Crippen LogP contribution in [-0.4, -0.2) is 17.0 Å². The van der Waals surface area contributed by atoms with Gasteiger partial charge in [0.25, 0.3) is 0 Å². The van der Waals surface area contributed by atoms with Gasteiger partial charge in [0.2, 0.25) is 0 Å². The van der Waals surface area contributed by atoms with Crippen LogP contribution in [-0.2, 0) is 0 Å². The second-order valence-corrected chi connectivity index (χ2v) is 6.72. The summed E-state index contributed by atoms with van der Waals surface area (Å²) in [6, 6.07) is 9.52. The first-order valence-corrected chi connectivity index (χ1v) is 7.61. The molecular formula is C13H15NS2. The number of anilines is 1. The van der Waals surface area contributed by atoms with E-state index in [4.69, 9.17) is 0 Å². The molecule has 1 aliphatic rings. The minimum absolute atomic E-state index is 0.640. The number of nitrogens with one attached hydrogen (secondary N) is 1. The Kier molecular flexibility index (Phi) is 2.82. The standard InChI is InChI=1S/C13H15NS2/c1-9-12(5-7-15-9)14-11-2-3-13-10(8-11)4-6-16-13/h2-4,6,8-9,12,14H,5,7H2,1H3. The van der Waals surface area contributed by atoms with Crippen molar-refractivity contribution in [3.05, 3.63) is 29.6 Å². The smallest absolute Gasteiger partial charge is 0.0385 e. The largest absolute Gasteiger partial charge is 0.381 e. The SMILES string of the molecule is CC1SCCC1Nc1ccc2sccc2c1. The summed E-state index contributed by atoms with van der Waals surface area (Å²) in [5.74, 6) is 1.29. The van der Waals surface area contributed by atoms with Crippen molar-refractivity contribution in [2.75, 3.05) is 11.1 Å². The van der Waals surface area contributed by atoms with Crippen molar-refractivity contribution in [2.24, 2.45) is 0 Å². The van der Waals surface area contributed by atoms with Crippen molar-refractivity contribution in [3.8, 4) is 0 Å². The minimum Gasteiger partial charge on any atom is -0.381 e. The Hall–Kier alpha value is -0.670. The third kappa shape index (κ3) is 1.94. The van der Waals surface area contributed by atoms with Crippen LogP contribution < -0.4 is 5.32 Å². The Morgan fingerprint density at radius 3 is 3.06 bits per heavy atom. The van der Waals surface area contributed by atoms with E-state index in [0.717, 1.165) is 5.25 Å². The summed E-state index contributed by atoms with van der Waals surface area (Å²) in [6.45, 7) is 2.32. The first-order valence-electron chi connectivity index (χ1n) is 5.68. The van der Waals surface area contributed by atoms with Crippen LogP contribution in [0.5, 0.6) is 0 Å². The molecule has 1 aromatic heterocycles. The molecule has 2 aromatic rings. The van der Waals surface area contributed by atoms with E-state index in [1.165, 1.54) is 27.9 Å². The molecule has 16 heavy (non-hydrogen) atoms. The molecule has 1 nitrogen and oxygen atoms in total. The van der Waals surface area contributed by atoms with Gasteiger partial charge in [0, 0.05) is 21.7 Å². The number of thioether (sulfide) groups is 1. The minimum atomic E-state index is 0.640. The van der Waals surface area contributed by atoms with E-state index in [9.17, 15) is 0 Å². The molecule has 1 saturated heterocycles. The zero-order valence-corrected chi connectivity index (χ0v) is 10.9. The van der Waals surface area contributed by atoms with Crippen LogP contribution in [0.2, 0.25) is 0 Å². The number of hydrogen-bond donors (Lipinski definition) is 1. The van der Waals surface area contributed by atoms with Gasteiger partial charge in [0.1, 0.15) is 0 Å². The van der Waals surface area contributed by atoms with Gasteiger partial charge < -0.3 is 5.32 Å². The molecule has 0 bridgehead atoms. The molecule has 2 unspecified atom stereocenters. The summed E-state index contributed by atoms with van der Waals surface area (Å²) in [7, 11) is 0. The zero-order valence-electron chi connectivity index (χ0n) is 9.27. The molecule has 84 valence electrons. The van der Waals surface area contributed by atoms with Crippen LogP contribution in [0.25, 0.3) is 10.1 Å². The Labute approximate surface area is 104 Å². The van der Waals surface area contributed by atoms with Gasteiger partial charge in [-0.3, -0.25) is 0 Å². The fraction of sp³-hybridized carbons (Fsp3) is 0.385. The van der Waals surface area contributed by atoms with Gasteiger partial charge in [-0.2, -0.15) is 11.8 Å². The van der Waals surface area contributed by atoms with Gasteiger partial charge in [0.15, 0.2) is 0 Å². The third-order valence-electron chi connectivity index (χ3n) is 3.18. The molecule has 0 aliphatic carbocycles. The molecule has 0 saturated carbocycles. The van der Waals surface area contributed by atoms with Gasteiger partial charge in [-0.15, -0.1) is 11.3 Å². The molecule has 1 N–H and O–H groups in total. The summed E-state index contributed by atoms with van der Waals surface area (Å²) in [5, 5.41) is 7.90. The number of rotatable bonds is 2. The van der Waals surface area contributed by atoms with Crippen molar-refractivity contribution in [1.82, 2.24) is 0 Å². The molecule has 1 fully saturated rings. The highest BCUT2D eigenvalue weighted by Crippen LogP contribution is 2.30. The maximum atomic E-state index is 3.66. The van der Waals surface area contributed by atoms with Crippen LogP contribution >= 0.6 is 23.1 Å². The van der Waals surface area contributed by atoms with Gasteiger partial charge in [-0.25, -0.2) is 0 Å². The maximum absolute atomic E-state index is 3.66. The van der Waals surface area contributed by atoms with E-state index >= 15 is 0 Å². The molecule has 3 rings (SSSR count). The van der Waals surface area contributed by atoms with E-state index in [0.29, 0.717) is 6.04 Å². The Morgan fingerprint density at radius 2 is 2.25 bits per heavy atom. The van der Waals surface area contributed by atoms with Crippen molar-refractivity contribution in [1.29, 1.82) is 0 Å². The lowest BCUT2D eigenvalue weighted by atomic mass is 10.1. The molecule has 0 spiro atoms. The predicted octanol–water partition coefficient (Wildman–Crippen LogP) is 4.21. The van der Waals surface area contributed by atoms with Gasteiger partial charge >= 0.3 is 0 Å². The molecule has 2 atom stereocenters. The summed E-state index contributed by atoms with van der Waals surface area (Å²) in [4.78, 5) is 0. The topological polar surface area (TPSA) is 12.0 Å². The van der Waals surface area contributed by atoms with Crippen molar-refractivity contribution in [3.63, 3.8) is 0 Å². The average Bonchev–Trinajstić information content (AvgIpc) is 2.88. The molecule has 1 aliphatic heterocycles. The van der Waals surface area contributed by atoms with Crippen LogP contribution in [0.15, 0.2) is 29.6 Å². The highest BCUT2D eigenvalue weighted by molar-refractivity contribution is 8.00. The fourth-order valence-electron chi connectivity index (χ4n) is 2.19. The Balaban J connectivity index is 1.83. The lowest BCUT2D eigenvalue weighted by molar-refractivity contribution is 0.724. The molecule has 0 amide bonds. The van der Waals surface area contributed by atoms with E-state index in [1.807, 2.05) is 11.3 Å². The number of benzene rings is 1. The fourth-order valence-corrected chi connectivity index (χ4v) is 4.16. The molecule has 3 heteroatoms. The Bertz CT molecular complexity index is 491. The van der Waals surface area contributed by atoms with Crippen molar-refractivity contribution >= 4 is 38.9 Å². The van der Waals surface area contributed by atoms with E-state index in [2.05, 4.69) is 53.6 Å². The summed E-state index contributed by atoms with van der Waals surface area (Å²) < 4.78 is 1.37. The van der Waals surface area contributed by atoms with Gasteiger partial charge in [0.05, 0.1) is 0 Å². The number of fused-ring (bicyclic) bond motifs is 1. The Morgan fingerprint density at radius 1 is 1.31 bits per heavy atom. The summed E-state index contributed by atoms with van der Waals surface area (Å²) >= 11 is 3.88. The zero-order chi connectivity index (χ0) is 11.0. The third-order valence-corrected chi connectivity index (χ3v) is 5.40. The molecule has 1 aromatic carbocycles. The second kappa shape index (κ2) is 4.30. The first kappa shape index (κ1) is 10.5. The lowest BCUT2D eigenvalue weighted by Gasteiger charge is -2.17. The number of hydrogen-bond acceptors (Lipinski definition) is 3. The normalized spacial score (nSPS) is 25.1. The van der Waals surface area contributed by atoms with Crippen molar-refractivity contribution < 1.29 is 0 Å². The highest BCUT2D eigenvalue weighted by Gasteiger charge is 2.23. The van der Waals surface area contributed by atoms with Crippen molar-refractivity contribution in [2.45, 2.75) is 24.6 Å². The second-order valence-electron chi connectivity index (χ2n) is 4.29. The van der Waals surface area contributed by atoms with Crippen LogP contribution in [0, 0.1) is 0 Å². The lowest BCUT2D eigenvalue weighted by Crippen LogP contribution is -2.24. The quantitative estimate of drug-likeness (QED) is 0.855. The maximum Gasteiger partial charge on any atom is 0.0385 e. The van der Waals surface area contributed by atoms with Gasteiger partial charge in [-0.1, -0.05) is 6.92 Å². The first-order chi connectivity index (χ1) is 7.83. The van der Waals surface area contributed by atoms with Crippen LogP contribution in [0.3, 0.4) is 0 Å². The molecular weight excluding hydrogens is 234 g/mol. The monoisotopic (exact) mass is 249 g/mol. The van der Waals surface area contributed by atoms with E-state index in [1.54, 1.807) is 0 Å². The van der Waals surface area contributed by atoms with E-state index < -0.39 is 0 Å².